The van der Waals surface area contributed by atoms with Crippen molar-refractivity contribution in [2.24, 2.45) is 0 Å². The number of methoxy groups -OCH3 is 1. The highest BCUT2D eigenvalue weighted by Gasteiger charge is 2.09. The molecule has 0 aliphatic rings. The monoisotopic (exact) mass is 245 g/mol. The van der Waals surface area contributed by atoms with Crippen molar-refractivity contribution in [2.45, 2.75) is 6.92 Å². The fraction of sp³-hybridized carbons (Fsp3) is 0.250. The highest BCUT2D eigenvalue weighted by Crippen LogP contribution is 2.16. The van der Waals surface area contributed by atoms with E-state index in [-0.39, 0.29) is 22.9 Å². The second-order valence-electron chi connectivity index (χ2n) is 2.60. The molecule has 1 aromatic heterocycles. The van der Waals surface area contributed by atoms with Crippen molar-refractivity contribution in [3.63, 3.8) is 0 Å². The molecule has 8 heteroatoms. The van der Waals surface area contributed by atoms with Crippen LogP contribution in [-0.2, 0) is 9.53 Å². The van der Waals surface area contributed by atoms with Crippen LogP contribution >= 0.6 is 11.6 Å². The number of nitrogens with one attached hydrogen (secondary N) is 1. The smallest absolute Gasteiger partial charge is 0.437 e. The molecule has 0 bridgehead atoms. The molecule has 0 fully saturated rings. The van der Waals surface area contributed by atoms with Gasteiger partial charge in [0.05, 0.1) is 7.11 Å². The molecular weight excluding hydrogens is 238 g/mol. The second kappa shape index (κ2) is 5.26. The van der Waals surface area contributed by atoms with Crippen molar-refractivity contribution >= 4 is 29.5 Å². The summed E-state index contributed by atoms with van der Waals surface area (Å²) in [5, 5.41) is 2.21. The first-order chi connectivity index (χ1) is 7.51. The molecule has 0 atom stereocenters. The van der Waals surface area contributed by atoms with Crippen molar-refractivity contribution in [1.29, 1.82) is 0 Å². The largest absolute Gasteiger partial charge is 0.514 e. The maximum absolute atomic E-state index is 10.8. The second-order valence-corrected chi connectivity index (χ2v) is 2.94. The average molecular weight is 246 g/mol. The van der Waals surface area contributed by atoms with E-state index in [9.17, 15) is 9.59 Å². The van der Waals surface area contributed by atoms with Crippen molar-refractivity contribution in [1.82, 2.24) is 9.97 Å². The van der Waals surface area contributed by atoms with Crippen LogP contribution in [0.3, 0.4) is 0 Å². The number of carbonyl (C=O) groups is 2. The van der Waals surface area contributed by atoms with E-state index in [0.29, 0.717) is 0 Å². The van der Waals surface area contributed by atoms with Gasteiger partial charge < -0.3 is 14.8 Å². The Morgan fingerprint density at radius 3 is 2.69 bits per heavy atom. The van der Waals surface area contributed by atoms with Crippen LogP contribution in [0.1, 0.15) is 6.92 Å². The topological polar surface area (TPSA) is 90.4 Å². The lowest BCUT2D eigenvalue weighted by Crippen LogP contribution is -2.11. The first-order valence-electron chi connectivity index (χ1n) is 4.09. The number of nitrogens with zero attached hydrogens (tertiary/aromatic N) is 2. The Bertz CT molecular complexity index is 424. The molecule has 0 aliphatic heterocycles. The van der Waals surface area contributed by atoms with E-state index in [1.807, 2.05) is 0 Å². The third kappa shape index (κ3) is 3.70. The van der Waals surface area contributed by atoms with Gasteiger partial charge in [0, 0.05) is 13.0 Å². The van der Waals surface area contributed by atoms with E-state index >= 15 is 0 Å². The maximum Gasteiger partial charge on any atom is 0.514 e. The number of ether oxygens (including phenoxy) is 2. The first kappa shape index (κ1) is 12.2. The quantitative estimate of drug-likeness (QED) is 0.623. The molecular formula is C8H8ClN3O4. The Morgan fingerprint density at radius 2 is 2.12 bits per heavy atom. The molecule has 0 spiro atoms. The van der Waals surface area contributed by atoms with Crippen LogP contribution in [0, 0.1) is 0 Å². The van der Waals surface area contributed by atoms with E-state index in [1.54, 1.807) is 0 Å². The van der Waals surface area contributed by atoms with E-state index < -0.39 is 6.16 Å². The predicted octanol–water partition coefficient (Wildman–Crippen LogP) is 1.23. The van der Waals surface area contributed by atoms with Crippen LogP contribution in [0.15, 0.2) is 6.07 Å². The number of carbonyl (C=O) groups excluding carboxylic acids is 2. The van der Waals surface area contributed by atoms with Gasteiger partial charge in [-0.25, -0.2) is 9.78 Å². The molecule has 7 nitrogen and oxygen atoms in total. The lowest BCUT2D eigenvalue weighted by molar-refractivity contribution is -0.114. The molecule has 1 rings (SSSR count). The van der Waals surface area contributed by atoms with E-state index in [2.05, 4.69) is 24.8 Å². The molecule has 0 saturated heterocycles. The molecule has 0 unspecified atom stereocenters. The summed E-state index contributed by atoms with van der Waals surface area (Å²) in [6.45, 7) is 1.30. The number of rotatable bonds is 2. The summed E-state index contributed by atoms with van der Waals surface area (Å²) in [4.78, 5) is 28.9. The Kier molecular flexibility index (Phi) is 4.01. The average Bonchev–Trinajstić information content (AvgIpc) is 2.15. The van der Waals surface area contributed by atoms with Gasteiger partial charge >= 0.3 is 6.16 Å². The van der Waals surface area contributed by atoms with Gasteiger partial charge in [-0.05, 0) is 11.6 Å². The van der Waals surface area contributed by atoms with Gasteiger partial charge in [0.1, 0.15) is 5.82 Å². The molecule has 0 aromatic carbocycles. The highest BCUT2D eigenvalue weighted by atomic mass is 35.5. The van der Waals surface area contributed by atoms with Gasteiger partial charge in [0.25, 0.3) is 0 Å². The number of halogens is 1. The van der Waals surface area contributed by atoms with Gasteiger partial charge in [-0.3, -0.25) is 4.79 Å². The summed E-state index contributed by atoms with van der Waals surface area (Å²) >= 11 is 5.55. The normalized spacial score (nSPS) is 9.44. The summed E-state index contributed by atoms with van der Waals surface area (Å²) in [5.41, 5.74) is 0. The number of amides is 1. The maximum atomic E-state index is 10.8. The van der Waals surface area contributed by atoms with Crippen molar-refractivity contribution in [3.8, 4) is 5.88 Å². The molecule has 1 aromatic rings. The fourth-order valence-electron chi connectivity index (χ4n) is 0.821. The molecule has 16 heavy (non-hydrogen) atoms. The van der Waals surface area contributed by atoms with E-state index in [1.165, 1.54) is 13.0 Å². The van der Waals surface area contributed by atoms with E-state index in [0.717, 1.165) is 7.11 Å². The fourth-order valence-corrected chi connectivity index (χ4v) is 0.995. The van der Waals surface area contributed by atoms with Gasteiger partial charge in [0.15, 0.2) is 0 Å². The minimum Gasteiger partial charge on any atom is -0.437 e. The molecule has 0 saturated carbocycles. The number of aromatic nitrogens is 2. The Labute approximate surface area is 95.7 Å². The lowest BCUT2D eigenvalue weighted by atomic mass is 10.5. The Hall–Kier alpha value is -1.89. The summed E-state index contributed by atoms with van der Waals surface area (Å²) in [5.74, 6) is -0.319. The van der Waals surface area contributed by atoms with Crippen LogP contribution in [0.4, 0.5) is 10.6 Å². The summed E-state index contributed by atoms with van der Waals surface area (Å²) < 4.78 is 8.88. The summed E-state index contributed by atoms with van der Waals surface area (Å²) in [6, 6.07) is 1.24. The number of hydrogen-bond donors (Lipinski definition) is 1. The SMILES string of the molecule is COC(=O)Oc1cc(NC(C)=O)nc(Cl)n1. The number of hydrogen-bond acceptors (Lipinski definition) is 6. The van der Waals surface area contributed by atoms with Crippen LogP contribution in [0.2, 0.25) is 5.28 Å². The third-order valence-corrected chi connectivity index (χ3v) is 1.50. The number of anilines is 1. The molecule has 1 N–H and O–H groups in total. The summed E-state index contributed by atoms with van der Waals surface area (Å²) in [6.07, 6.45) is -0.941. The minimum atomic E-state index is -0.941. The zero-order valence-corrected chi connectivity index (χ0v) is 9.24. The predicted molar refractivity (Wildman–Crippen MR) is 54.4 cm³/mol. The highest BCUT2D eigenvalue weighted by molar-refractivity contribution is 6.28. The van der Waals surface area contributed by atoms with Gasteiger partial charge in [-0.15, -0.1) is 0 Å². The zero-order chi connectivity index (χ0) is 12.1. The summed E-state index contributed by atoms with van der Waals surface area (Å²) in [7, 11) is 1.15. The molecule has 86 valence electrons. The van der Waals surface area contributed by atoms with Gasteiger partial charge in [-0.2, -0.15) is 4.98 Å². The van der Waals surface area contributed by atoms with Gasteiger partial charge in [0.2, 0.25) is 17.1 Å². The Balaban J connectivity index is 2.89. The van der Waals surface area contributed by atoms with Crippen LogP contribution in [-0.4, -0.2) is 29.1 Å². The van der Waals surface area contributed by atoms with E-state index in [4.69, 9.17) is 11.6 Å². The van der Waals surface area contributed by atoms with Crippen LogP contribution in [0.25, 0.3) is 0 Å². The standard InChI is InChI=1S/C8H8ClN3O4/c1-4(13)10-5-3-6(12-7(9)11-5)16-8(14)15-2/h3H,1-2H3,(H,10,11,12,13). The Morgan fingerprint density at radius 1 is 1.44 bits per heavy atom. The first-order valence-corrected chi connectivity index (χ1v) is 4.47. The molecule has 1 heterocycles. The lowest BCUT2D eigenvalue weighted by Gasteiger charge is -2.04. The minimum absolute atomic E-state index is 0.115. The third-order valence-electron chi connectivity index (χ3n) is 1.33. The van der Waals surface area contributed by atoms with Crippen LogP contribution in [0.5, 0.6) is 5.88 Å². The van der Waals surface area contributed by atoms with Crippen molar-refractivity contribution in [3.05, 3.63) is 11.3 Å². The molecule has 0 radical (unpaired) electrons. The molecule has 1 amide bonds. The molecule has 0 aliphatic carbocycles. The van der Waals surface area contributed by atoms with Gasteiger partial charge in [-0.1, -0.05) is 0 Å². The zero-order valence-electron chi connectivity index (χ0n) is 8.48. The van der Waals surface area contributed by atoms with Crippen LogP contribution < -0.4 is 10.1 Å². The van der Waals surface area contributed by atoms with Crippen molar-refractivity contribution < 1.29 is 19.1 Å². The van der Waals surface area contributed by atoms with Crippen molar-refractivity contribution in [2.75, 3.05) is 12.4 Å².